The molecule has 2 N–H and O–H groups in total. The van der Waals surface area contributed by atoms with E-state index in [0.717, 1.165) is 50.5 Å². The fraction of sp³-hybridized carbons (Fsp3) is 0.333. The number of carbonyl (C=O) groups excluding carboxylic acids is 2. The maximum atomic E-state index is 12.3. The third kappa shape index (κ3) is 8.33. The highest BCUT2D eigenvalue weighted by atomic mass is 16.2. The highest BCUT2D eigenvalue weighted by Crippen LogP contribution is 2.14. The minimum Gasteiger partial charge on any atom is -0.347 e. The van der Waals surface area contributed by atoms with Crippen LogP contribution in [-0.4, -0.2) is 54.3 Å². The monoisotopic (exact) mass is 484 g/mol. The molecule has 0 unspecified atom stereocenters. The average molecular weight is 485 g/mol. The van der Waals surface area contributed by atoms with Crippen LogP contribution in [0.2, 0.25) is 0 Å². The van der Waals surface area contributed by atoms with Gasteiger partial charge in [-0.15, -0.1) is 0 Å². The largest absolute Gasteiger partial charge is 0.347 e. The van der Waals surface area contributed by atoms with Crippen LogP contribution in [0.15, 0.2) is 78.9 Å². The molecule has 0 aliphatic carbocycles. The number of amides is 2. The van der Waals surface area contributed by atoms with Gasteiger partial charge in [-0.1, -0.05) is 72.3 Å². The summed E-state index contributed by atoms with van der Waals surface area (Å²) in [6, 6.07) is 26.8. The van der Waals surface area contributed by atoms with Crippen molar-refractivity contribution < 1.29 is 9.59 Å². The first-order valence-electron chi connectivity index (χ1n) is 12.7. The Hall–Kier alpha value is -3.48. The smallest absolute Gasteiger partial charge is 0.243 e. The zero-order valence-corrected chi connectivity index (χ0v) is 21.1. The van der Waals surface area contributed by atoms with Gasteiger partial charge < -0.3 is 10.6 Å². The van der Waals surface area contributed by atoms with Gasteiger partial charge in [0, 0.05) is 51.4 Å². The normalized spacial score (nSPS) is 14.4. The van der Waals surface area contributed by atoms with E-state index in [1.165, 1.54) is 16.7 Å². The molecule has 3 aromatic rings. The van der Waals surface area contributed by atoms with Gasteiger partial charge in [-0.25, -0.2) is 0 Å². The molecule has 1 saturated heterocycles. The van der Waals surface area contributed by atoms with Crippen LogP contribution in [0.4, 0.5) is 5.69 Å². The summed E-state index contributed by atoms with van der Waals surface area (Å²) in [5, 5.41) is 5.57. The Kier molecular flexibility index (Phi) is 9.25. The number of piperazine rings is 1. The van der Waals surface area contributed by atoms with E-state index >= 15 is 0 Å². The van der Waals surface area contributed by atoms with E-state index in [9.17, 15) is 9.59 Å². The number of anilines is 1. The van der Waals surface area contributed by atoms with Crippen molar-refractivity contribution in [3.05, 3.63) is 101 Å². The third-order valence-corrected chi connectivity index (χ3v) is 6.57. The molecule has 0 atom stereocenters. The summed E-state index contributed by atoms with van der Waals surface area (Å²) >= 11 is 0. The first kappa shape index (κ1) is 25.6. The lowest BCUT2D eigenvalue weighted by Crippen LogP contribution is -2.45. The number of nitrogens with zero attached hydrogens (tertiary/aromatic N) is 2. The van der Waals surface area contributed by atoms with Crippen molar-refractivity contribution in [3.8, 4) is 0 Å². The van der Waals surface area contributed by atoms with Crippen molar-refractivity contribution >= 4 is 17.5 Å². The van der Waals surface area contributed by atoms with Crippen LogP contribution in [0.1, 0.15) is 28.7 Å². The molecule has 0 saturated carbocycles. The number of carbonyl (C=O) groups is 2. The van der Waals surface area contributed by atoms with Gasteiger partial charge in [0.2, 0.25) is 11.8 Å². The molecular weight excluding hydrogens is 448 g/mol. The topological polar surface area (TPSA) is 64.7 Å². The number of hydrogen-bond acceptors (Lipinski definition) is 4. The molecular formula is C30H36N4O2. The van der Waals surface area contributed by atoms with E-state index in [2.05, 4.69) is 62.9 Å². The number of hydrogen-bond donors (Lipinski definition) is 2. The maximum absolute atomic E-state index is 12.3. The van der Waals surface area contributed by atoms with Crippen LogP contribution in [-0.2, 0) is 29.1 Å². The molecule has 1 aliphatic rings. The van der Waals surface area contributed by atoms with E-state index < -0.39 is 0 Å². The first-order chi connectivity index (χ1) is 17.5. The molecule has 6 heteroatoms. The summed E-state index contributed by atoms with van der Waals surface area (Å²) in [4.78, 5) is 29.3. The molecule has 0 bridgehead atoms. The Balaban J connectivity index is 1.13. The van der Waals surface area contributed by atoms with Gasteiger partial charge in [0.25, 0.3) is 0 Å². The second-order valence-corrected chi connectivity index (χ2v) is 9.55. The van der Waals surface area contributed by atoms with Crippen LogP contribution >= 0.6 is 0 Å². The molecule has 0 spiro atoms. The van der Waals surface area contributed by atoms with E-state index in [4.69, 9.17) is 0 Å². The highest BCUT2D eigenvalue weighted by molar-refractivity contribution is 5.94. The van der Waals surface area contributed by atoms with Crippen molar-refractivity contribution in [2.45, 2.75) is 32.9 Å². The third-order valence-electron chi connectivity index (χ3n) is 6.57. The van der Waals surface area contributed by atoms with Gasteiger partial charge in [-0.2, -0.15) is 0 Å². The van der Waals surface area contributed by atoms with Crippen LogP contribution in [0.3, 0.4) is 0 Å². The Morgan fingerprint density at radius 2 is 1.25 bits per heavy atom. The summed E-state index contributed by atoms with van der Waals surface area (Å²) in [5.74, 6) is -0.342. The molecule has 2 amide bonds. The molecule has 0 radical (unpaired) electrons. The zero-order valence-electron chi connectivity index (χ0n) is 21.1. The van der Waals surface area contributed by atoms with Gasteiger partial charge in [-0.05, 0) is 42.2 Å². The number of rotatable bonds is 10. The Bertz CT molecular complexity index is 1110. The summed E-state index contributed by atoms with van der Waals surface area (Å²) in [5.41, 5.74) is 5.66. The number of benzene rings is 3. The molecule has 4 rings (SSSR count). The highest BCUT2D eigenvalue weighted by Gasteiger charge is 2.17. The van der Waals surface area contributed by atoms with Gasteiger partial charge >= 0.3 is 0 Å². The Labute approximate surface area is 214 Å². The van der Waals surface area contributed by atoms with E-state index in [-0.39, 0.29) is 18.4 Å². The van der Waals surface area contributed by atoms with Crippen LogP contribution in [0, 0.1) is 6.92 Å². The molecule has 36 heavy (non-hydrogen) atoms. The van der Waals surface area contributed by atoms with E-state index in [1.54, 1.807) is 0 Å². The van der Waals surface area contributed by atoms with Gasteiger partial charge in [0.05, 0.1) is 6.54 Å². The van der Waals surface area contributed by atoms with Crippen molar-refractivity contribution in [3.63, 3.8) is 0 Å². The second kappa shape index (κ2) is 13.0. The Morgan fingerprint density at radius 1 is 0.694 bits per heavy atom. The SMILES string of the molecule is Cc1ccc(CCC(=O)NCC(=O)Nc2ccc(CN3CCN(Cc4ccccc4)CC3)cc2)cc1. The quantitative estimate of drug-likeness (QED) is 0.457. The molecule has 0 aromatic heterocycles. The van der Waals surface area contributed by atoms with Crippen molar-refractivity contribution in [1.29, 1.82) is 0 Å². The minimum absolute atomic E-state index is 0.0260. The van der Waals surface area contributed by atoms with Crippen LogP contribution < -0.4 is 10.6 Å². The van der Waals surface area contributed by atoms with Gasteiger partial charge in [-0.3, -0.25) is 19.4 Å². The van der Waals surface area contributed by atoms with E-state index in [0.29, 0.717) is 12.8 Å². The lowest BCUT2D eigenvalue weighted by molar-refractivity contribution is -0.124. The molecule has 1 heterocycles. The number of aryl methyl sites for hydroxylation is 2. The summed E-state index contributed by atoms with van der Waals surface area (Å²) in [6.07, 6.45) is 1.03. The van der Waals surface area contributed by atoms with Crippen molar-refractivity contribution in [2.24, 2.45) is 0 Å². The maximum Gasteiger partial charge on any atom is 0.243 e. The Morgan fingerprint density at radius 3 is 1.86 bits per heavy atom. The molecule has 188 valence electrons. The predicted octanol–water partition coefficient (Wildman–Crippen LogP) is 4.00. The van der Waals surface area contributed by atoms with Crippen LogP contribution in [0.5, 0.6) is 0 Å². The molecule has 6 nitrogen and oxygen atoms in total. The average Bonchev–Trinajstić information content (AvgIpc) is 2.90. The predicted molar refractivity (Wildman–Crippen MR) is 145 cm³/mol. The standard InChI is InChI=1S/C30H36N4O2/c1-24-7-9-25(10-8-24)13-16-29(35)31-21-30(36)32-28-14-11-27(12-15-28)23-34-19-17-33(18-20-34)22-26-5-3-2-4-6-26/h2-12,14-15H,13,16-23H2,1H3,(H,31,35)(H,32,36). The molecule has 1 aliphatic heterocycles. The number of nitrogens with one attached hydrogen (secondary N) is 2. The van der Waals surface area contributed by atoms with Crippen LogP contribution in [0.25, 0.3) is 0 Å². The molecule has 3 aromatic carbocycles. The fourth-order valence-corrected chi connectivity index (χ4v) is 4.38. The molecule has 1 fully saturated rings. The lowest BCUT2D eigenvalue weighted by atomic mass is 10.1. The lowest BCUT2D eigenvalue weighted by Gasteiger charge is -2.34. The fourth-order valence-electron chi connectivity index (χ4n) is 4.38. The van der Waals surface area contributed by atoms with Crippen molar-refractivity contribution in [1.82, 2.24) is 15.1 Å². The van der Waals surface area contributed by atoms with E-state index in [1.807, 2.05) is 43.3 Å². The van der Waals surface area contributed by atoms with Crippen molar-refractivity contribution in [2.75, 3.05) is 38.0 Å². The minimum atomic E-state index is -0.221. The summed E-state index contributed by atoms with van der Waals surface area (Å²) in [6.45, 7) is 8.17. The first-order valence-corrected chi connectivity index (χ1v) is 12.7. The van der Waals surface area contributed by atoms with Gasteiger partial charge in [0.1, 0.15) is 0 Å². The second-order valence-electron chi connectivity index (χ2n) is 9.55. The summed E-state index contributed by atoms with van der Waals surface area (Å²) < 4.78 is 0. The van der Waals surface area contributed by atoms with Gasteiger partial charge in [0.15, 0.2) is 0 Å². The zero-order chi connectivity index (χ0) is 25.2. The summed E-state index contributed by atoms with van der Waals surface area (Å²) in [7, 11) is 0.